The smallest absolute Gasteiger partial charge is 0.0465 e. The number of benzene rings is 7. The highest BCUT2D eigenvalue weighted by atomic mass is 15.1. The SMILES string of the molecule is Cc1ccc(N(c2ccc(C)cc2)c2ccc(C=Cc3ccc(N(c4ccccc4)c4ccc5c(c4)C(C)(C)c4ccccc4-5)cc3)cc2)cc1. The van der Waals surface area contributed by atoms with Gasteiger partial charge in [0.2, 0.25) is 0 Å². The third kappa shape index (κ3) is 6.26. The molecule has 51 heavy (non-hydrogen) atoms. The zero-order valence-electron chi connectivity index (χ0n) is 29.7. The highest BCUT2D eigenvalue weighted by Crippen LogP contribution is 2.50. The lowest BCUT2D eigenvalue weighted by Gasteiger charge is -2.28. The van der Waals surface area contributed by atoms with Gasteiger partial charge < -0.3 is 9.80 Å². The Labute approximate surface area is 302 Å². The Morgan fingerprint density at radius 2 is 0.765 bits per heavy atom. The van der Waals surface area contributed by atoms with Gasteiger partial charge >= 0.3 is 0 Å². The molecule has 8 rings (SSSR count). The monoisotopic (exact) mass is 658 g/mol. The van der Waals surface area contributed by atoms with E-state index < -0.39 is 0 Å². The first-order valence-corrected chi connectivity index (χ1v) is 17.8. The number of nitrogens with zero attached hydrogens (tertiary/aromatic N) is 2. The fourth-order valence-electron chi connectivity index (χ4n) is 7.35. The first-order valence-electron chi connectivity index (χ1n) is 17.8. The summed E-state index contributed by atoms with van der Waals surface area (Å²) < 4.78 is 0. The lowest BCUT2D eigenvalue weighted by molar-refractivity contribution is 0.660. The van der Waals surface area contributed by atoms with Crippen molar-refractivity contribution in [3.8, 4) is 11.1 Å². The fourth-order valence-corrected chi connectivity index (χ4v) is 7.35. The Hall–Kier alpha value is -6.12. The molecule has 0 aromatic heterocycles. The van der Waals surface area contributed by atoms with Gasteiger partial charge in [-0.15, -0.1) is 0 Å². The number of fused-ring (bicyclic) bond motifs is 3. The Morgan fingerprint density at radius 3 is 1.29 bits per heavy atom. The van der Waals surface area contributed by atoms with Crippen LogP contribution < -0.4 is 9.80 Å². The first kappa shape index (κ1) is 32.1. The van der Waals surface area contributed by atoms with Gasteiger partial charge in [0, 0.05) is 39.5 Å². The maximum atomic E-state index is 2.39. The minimum Gasteiger partial charge on any atom is -0.311 e. The molecule has 248 valence electrons. The topological polar surface area (TPSA) is 6.48 Å². The van der Waals surface area contributed by atoms with Crippen LogP contribution in [0.4, 0.5) is 34.1 Å². The van der Waals surface area contributed by atoms with Crippen LogP contribution in [0, 0.1) is 13.8 Å². The van der Waals surface area contributed by atoms with Gasteiger partial charge in [-0.05, 0) is 120 Å². The number of rotatable bonds is 8. The van der Waals surface area contributed by atoms with Crippen molar-refractivity contribution in [1.82, 2.24) is 0 Å². The van der Waals surface area contributed by atoms with E-state index in [2.05, 4.69) is 220 Å². The molecular weight excluding hydrogens is 617 g/mol. The molecule has 0 N–H and O–H groups in total. The summed E-state index contributed by atoms with van der Waals surface area (Å²) >= 11 is 0. The molecule has 2 heteroatoms. The quantitative estimate of drug-likeness (QED) is 0.150. The Morgan fingerprint density at radius 1 is 0.373 bits per heavy atom. The summed E-state index contributed by atoms with van der Waals surface area (Å²) in [6.07, 6.45) is 4.38. The lowest BCUT2D eigenvalue weighted by atomic mass is 9.82. The molecule has 0 saturated heterocycles. The van der Waals surface area contributed by atoms with Crippen molar-refractivity contribution < 1.29 is 0 Å². The van der Waals surface area contributed by atoms with E-state index in [0.717, 1.165) is 45.3 Å². The van der Waals surface area contributed by atoms with E-state index in [1.165, 1.54) is 33.4 Å². The first-order chi connectivity index (χ1) is 24.8. The molecule has 7 aromatic carbocycles. The van der Waals surface area contributed by atoms with Crippen molar-refractivity contribution >= 4 is 46.3 Å². The molecule has 0 aliphatic heterocycles. The molecule has 0 bridgehead atoms. The average molecular weight is 659 g/mol. The zero-order valence-corrected chi connectivity index (χ0v) is 29.7. The molecule has 0 fully saturated rings. The third-order valence-corrected chi connectivity index (χ3v) is 10.2. The second kappa shape index (κ2) is 13.3. The van der Waals surface area contributed by atoms with E-state index in [0.29, 0.717) is 0 Å². The molecule has 0 unspecified atom stereocenters. The van der Waals surface area contributed by atoms with E-state index in [1.54, 1.807) is 0 Å². The van der Waals surface area contributed by atoms with Crippen molar-refractivity contribution in [3.63, 3.8) is 0 Å². The predicted octanol–water partition coefficient (Wildman–Crippen LogP) is 13.7. The highest BCUT2D eigenvalue weighted by Gasteiger charge is 2.35. The van der Waals surface area contributed by atoms with Gasteiger partial charge in [-0.2, -0.15) is 0 Å². The van der Waals surface area contributed by atoms with E-state index in [9.17, 15) is 0 Å². The van der Waals surface area contributed by atoms with Crippen molar-refractivity contribution in [2.75, 3.05) is 9.80 Å². The van der Waals surface area contributed by atoms with Crippen molar-refractivity contribution in [3.05, 3.63) is 203 Å². The van der Waals surface area contributed by atoms with Gasteiger partial charge in [0.15, 0.2) is 0 Å². The summed E-state index contributed by atoms with van der Waals surface area (Å²) in [6.45, 7) is 8.93. The fraction of sp³-hybridized carbons (Fsp3) is 0.102. The molecule has 0 radical (unpaired) electrons. The van der Waals surface area contributed by atoms with Gasteiger partial charge in [0.1, 0.15) is 0 Å². The van der Waals surface area contributed by atoms with Crippen LogP contribution in [0.15, 0.2) is 170 Å². The van der Waals surface area contributed by atoms with E-state index in [-0.39, 0.29) is 5.41 Å². The number of para-hydroxylation sites is 1. The maximum absolute atomic E-state index is 2.39. The number of hydrogen-bond donors (Lipinski definition) is 0. The van der Waals surface area contributed by atoms with Crippen LogP contribution in [0.2, 0.25) is 0 Å². The summed E-state index contributed by atoms with van der Waals surface area (Å²) in [4.78, 5) is 4.67. The lowest BCUT2D eigenvalue weighted by Crippen LogP contribution is -2.16. The predicted molar refractivity (Wildman–Crippen MR) is 218 cm³/mol. The average Bonchev–Trinajstić information content (AvgIpc) is 3.39. The summed E-state index contributed by atoms with van der Waals surface area (Å²) in [5.74, 6) is 0. The summed E-state index contributed by atoms with van der Waals surface area (Å²) in [5.41, 5.74) is 17.0. The second-order valence-corrected chi connectivity index (χ2v) is 14.1. The molecular formula is C49H42N2. The molecule has 2 nitrogen and oxygen atoms in total. The van der Waals surface area contributed by atoms with Gasteiger partial charge in [-0.3, -0.25) is 0 Å². The van der Waals surface area contributed by atoms with Crippen molar-refractivity contribution in [1.29, 1.82) is 0 Å². The third-order valence-electron chi connectivity index (χ3n) is 10.2. The number of aryl methyl sites for hydroxylation is 2. The standard InChI is InChI=1S/C49H42N2/c1-35-14-24-40(25-15-35)50(41-26-16-36(2)17-27-41)42-28-20-37(21-29-42)18-19-38-22-30-43(31-23-38)51(39-10-6-5-7-11-39)44-32-33-46-45-12-8-9-13-47(45)49(3,4)48(46)34-44/h5-34H,1-4H3. The summed E-state index contributed by atoms with van der Waals surface area (Å²) in [5, 5.41) is 0. The van der Waals surface area contributed by atoms with Crippen molar-refractivity contribution in [2.24, 2.45) is 0 Å². The Balaban J connectivity index is 1.06. The highest BCUT2D eigenvalue weighted by molar-refractivity contribution is 5.86. The van der Waals surface area contributed by atoms with E-state index >= 15 is 0 Å². The minimum absolute atomic E-state index is 0.0588. The summed E-state index contributed by atoms with van der Waals surface area (Å²) in [6, 6.07) is 61.6. The van der Waals surface area contributed by atoms with Crippen LogP contribution in [0.1, 0.15) is 47.2 Å². The van der Waals surface area contributed by atoms with Crippen LogP contribution in [-0.2, 0) is 5.41 Å². The van der Waals surface area contributed by atoms with Gasteiger partial charge in [-0.1, -0.05) is 134 Å². The molecule has 0 atom stereocenters. The van der Waals surface area contributed by atoms with Gasteiger partial charge in [0.25, 0.3) is 0 Å². The van der Waals surface area contributed by atoms with E-state index in [1.807, 2.05) is 0 Å². The van der Waals surface area contributed by atoms with Crippen LogP contribution in [0.5, 0.6) is 0 Å². The minimum atomic E-state index is -0.0588. The largest absolute Gasteiger partial charge is 0.311 e. The maximum Gasteiger partial charge on any atom is 0.0465 e. The molecule has 0 saturated carbocycles. The van der Waals surface area contributed by atoms with Gasteiger partial charge in [0.05, 0.1) is 0 Å². The Kier molecular flexibility index (Phi) is 8.37. The molecule has 0 spiro atoms. The van der Waals surface area contributed by atoms with Crippen molar-refractivity contribution in [2.45, 2.75) is 33.1 Å². The van der Waals surface area contributed by atoms with E-state index in [4.69, 9.17) is 0 Å². The second-order valence-electron chi connectivity index (χ2n) is 14.1. The molecule has 0 amide bonds. The Bertz CT molecular complexity index is 2270. The molecule has 0 heterocycles. The van der Waals surface area contributed by atoms with Crippen LogP contribution in [-0.4, -0.2) is 0 Å². The molecule has 1 aliphatic carbocycles. The van der Waals surface area contributed by atoms with Crippen LogP contribution >= 0.6 is 0 Å². The molecule has 1 aliphatic rings. The number of anilines is 6. The molecule has 7 aromatic rings. The normalized spacial score (nSPS) is 12.8. The number of hydrogen-bond acceptors (Lipinski definition) is 2. The van der Waals surface area contributed by atoms with Crippen LogP contribution in [0.25, 0.3) is 23.3 Å². The van der Waals surface area contributed by atoms with Crippen LogP contribution in [0.3, 0.4) is 0 Å². The van der Waals surface area contributed by atoms with Gasteiger partial charge in [-0.25, -0.2) is 0 Å². The summed E-state index contributed by atoms with van der Waals surface area (Å²) in [7, 11) is 0. The zero-order chi connectivity index (χ0) is 35.0.